The van der Waals surface area contributed by atoms with Crippen molar-refractivity contribution in [3.8, 4) is 5.75 Å². The number of carbonyl (C=O) groups is 1. The van der Waals surface area contributed by atoms with E-state index in [1.807, 2.05) is 0 Å². The number of carboxylic acids is 1. The van der Waals surface area contributed by atoms with Crippen molar-refractivity contribution in [3.05, 3.63) is 24.0 Å². The van der Waals surface area contributed by atoms with Gasteiger partial charge in [0.25, 0.3) is 0 Å². The average Bonchev–Trinajstić information content (AvgIpc) is 2.93. The van der Waals surface area contributed by atoms with Crippen LogP contribution in [0.4, 0.5) is 4.39 Å². The van der Waals surface area contributed by atoms with E-state index < -0.39 is 27.3 Å². The van der Waals surface area contributed by atoms with Crippen molar-refractivity contribution in [2.24, 2.45) is 0 Å². The number of methoxy groups -OCH3 is 2. The standard InChI is InChI=1S/C14H18FNO6S/c1-21-9-14(13(17)18)6-3-7-16(14)23(19,20)10-4-5-12(22-2)11(15)8-10/h4-5,8H,3,6-7,9H2,1-2H3,(H,17,18). The second kappa shape index (κ2) is 6.42. The summed E-state index contributed by atoms with van der Waals surface area (Å²) in [6, 6.07) is 3.21. The van der Waals surface area contributed by atoms with Gasteiger partial charge >= 0.3 is 5.97 Å². The molecule has 0 bridgehead atoms. The summed E-state index contributed by atoms with van der Waals surface area (Å²) in [5.74, 6) is -2.21. The molecular formula is C14H18FNO6S. The Labute approximate surface area is 133 Å². The molecule has 1 aromatic rings. The Balaban J connectivity index is 2.49. The summed E-state index contributed by atoms with van der Waals surface area (Å²) in [5.41, 5.74) is -1.68. The van der Waals surface area contributed by atoms with Gasteiger partial charge in [-0.25, -0.2) is 12.8 Å². The van der Waals surface area contributed by atoms with E-state index >= 15 is 0 Å². The number of halogens is 1. The van der Waals surface area contributed by atoms with Crippen molar-refractivity contribution in [2.45, 2.75) is 23.3 Å². The fraction of sp³-hybridized carbons (Fsp3) is 0.500. The largest absolute Gasteiger partial charge is 0.494 e. The van der Waals surface area contributed by atoms with E-state index in [9.17, 15) is 22.7 Å². The van der Waals surface area contributed by atoms with E-state index in [4.69, 9.17) is 9.47 Å². The molecule has 1 aromatic carbocycles. The molecule has 0 saturated carbocycles. The first-order valence-corrected chi connectivity index (χ1v) is 8.32. The molecule has 23 heavy (non-hydrogen) atoms. The normalized spacial score (nSPS) is 22.2. The van der Waals surface area contributed by atoms with Crippen LogP contribution in [0.1, 0.15) is 12.8 Å². The van der Waals surface area contributed by atoms with E-state index in [-0.39, 0.29) is 30.2 Å². The minimum Gasteiger partial charge on any atom is -0.494 e. The lowest BCUT2D eigenvalue weighted by Crippen LogP contribution is -2.55. The second-order valence-corrected chi connectivity index (χ2v) is 7.11. The van der Waals surface area contributed by atoms with Crippen LogP contribution in [0.3, 0.4) is 0 Å². The Hall–Kier alpha value is -1.71. The molecule has 0 amide bonds. The van der Waals surface area contributed by atoms with Crippen LogP contribution in [0, 0.1) is 5.82 Å². The number of carboxylic acid groups (broad SMARTS) is 1. The third-order valence-corrected chi connectivity index (χ3v) is 5.88. The van der Waals surface area contributed by atoms with E-state index in [1.54, 1.807) is 0 Å². The van der Waals surface area contributed by atoms with Gasteiger partial charge in [-0.2, -0.15) is 4.31 Å². The average molecular weight is 347 g/mol. The first-order valence-electron chi connectivity index (χ1n) is 6.88. The second-order valence-electron chi connectivity index (χ2n) is 5.25. The van der Waals surface area contributed by atoms with Gasteiger partial charge in [0, 0.05) is 13.7 Å². The maximum Gasteiger partial charge on any atom is 0.327 e. The van der Waals surface area contributed by atoms with E-state index in [1.165, 1.54) is 26.4 Å². The summed E-state index contributed by atoms with van der Waals surface area (Å²) < 4.78 is 50.0. The molecule has 0 radical (unpaired) electrons. The number of benzene rings is 1. The highest BCUT2D eigenvalue weighted by Gasteiger charge is 2.53. The zero-order chi connectivity index (χ0) is 17.3. The van der Waals surface area contributed by atoms with Crippen LogP contribution in [-0.4, -0.2) is 56.7 Å². The van der Waals surface area contributed by atoms with Crippen LogP contribution in [-0.2, 0) is 19.6 Å². The third kappa shape index (κ3) is 2.91. The molecule has 0 spiro atoms. The summed E-state index contributed by atoms with van der Waals surface area (Å²) >= 11 is 0. The lowest BCUT2D eigenvalue weighted by Gasteiger charge is -2.33. The molecule has 1 aliphatic heterocycles. The predicted molar refractivity (Wildman–Crippen MR) is 78.3 cm³/mol. The number of hydrogen-bond donors (Lipinski definition) is 1. The minimum atomic E-state index is -4.18. The molecule has 1 N–H and O–H groups in total. The Morgan fingerprint density at radius 1 is 1.43 bits per heavy atom. The van der Waals surface area contributed by atoms with Gasteiger partial charge in [0.05, 0.1) is 18.6 Å². The monoisotopic (exact) mass is 347 g/mol. The third-order valence-electron chi connectivity index (χ3n) is 3.92. The van der Waals surface area contributed by atoms with E-state index in [0.717, 1.165) is 10.4 Å². The zero-order valence-corrected chi connectivity index (χ0v) is 13.6. The fourth-order valence-electron chi connectivity index (χ4n) is 2.80. The molecular weight excluding hydrogens is 329 g/mol. The Morgan fingerprint density at radius 3 is 2.65 bits per heavy atom. The SMILES string of the molecule is COCC1(C(=O)O)CCCN1S(=O)(=O)c1ccc(OC)c(F)c1. The Bertz CT molecular complexity index is 707. The molecule has 0 aromatic heterocycles. The lowest BCUT2D eigenvalue weighted by molar-refractivity contribution is -0.150. The topological polar surface area (TPSA) is 93.1 Å². The first kappa shape index (κ1) is 17.6. The van der Waals surface area contributed by atoms with Crippen LogP contribution in [0.5, 0.6) is 5.75 Å². The quantitative estimate of drug-likeness (QED) is 0.828. The lowest BCUT2D eigenvalue weighted by atomic mass is 9.99. The van der Waals surface area contributed by atoms with Gasteiger partial charge in [-0.15, -0.1) is 0 Å². The van der Waals surface area contributed by atoms with Crippen LogP contribution < -0.4 is 4.74 Å². The number of sulfonamides is 1. The van der Waals surface area contributed by atoms with Gasteiger partial charge in [0.1, 0.15) is 0 Å². The number of ether oxygens (including phenoxy) is 2. The van der Waals surface area contributed by atoms with Crippen molar-refractivity contribution in [3.63, 3.8) is 0 Å². The molecule has 2 rings (SSSR count). The summed E-state index contributed by atoms with van der Waals surface area (Å²) in [5, 5.41) is 9.53. The fourth-order valence-corrected chi connectivity index (χ4v) is 4.60. The minimum absolute atomic E-state index is 0.0334. The maximum atomic E-state index is 13.8. The van der Waals surface area contributed by atoms with Crippen molar-refractivity contribution >= 4 is 16.0 Å². The Kier molecular flexibility index (Phi) is 4.92. The summed E-state index contributed by atoms with van der Waals surface area (Å²) in [4.78, 5) is 11.4. The van der Waals surface area contributed by atoms with Crippen molar-refractivity contribution in [1.29, 1.82) is 0 Å². The molecule has 1 aliphatic rings. The predicted octanol–water partition coefficient (Wildman–Crippen LogP) is 1.09. The highest BCUT2D eigenvalue weighted by atomic mass is 32.2. The number of aliphatic carboxylic acids is 1. The van der Waals surface area contributed by atoms with Crippen LogP contribution >= 0.6 is 0 Å². The van der Waals surface area contributed by atoms with Crippen LogP contribution in [0.25, 0.3) is 0 Å². The molecule has 1 unspecified atom stereocenters. The van der Waals surface area contributed by atoms with Gasteiger partial charge in [-0.1, -0.05) is 0 Å². The van der Waals surface area contributed by atoms with E-state index in [0.29, 0.717) is 6.42 Å². The van der Waals surface area contributed by atoms with Crippen LogP contribution in [0.2, 0.25) is 0 Å². The highest BCUT2D eigenvalue weighted by Crippen LogP contribution is 2.36. The highest BCUT2D eigenvalue weighted by molar-refractivity contribution is 7.89. The number of hydrogen-bond acceptors (Lipinski definition) is 5. The van der Waals surface area contributed by atoms with Crippen molar-refractivity contribution < 1.29 is 32.2 Å². The van der Waals surface area contributed by atoms with Gasteiger partial charge in [-0.05, 0) is 31.0 Å². The molecule has 1 heterocycles. The van der Waals surface area contributed by atoms with Gasteiger partial charge in [0.15, 0.2) is 17.1 Å². The van der Waals surface area contributed by atoms with Gasteiger partial charge < -0.3 is 14.6 Å². The molecule has 1 saturated heterocycles. The molecule has 9 heteroatoms. The van der Waals surface area contributed by atoms with Crippen molar-refractivity contribution in [1.82, 2.24) is 4.31 Å². The van der Waals surface area contributed by atoms with Gasteiger partial charge in [0.2, 0.25) is 10.0 Å². The molecule has 1 fully saturated rings. The molecule has 0 aliphatic carbocycles. The van der Waals surface area contributed by atoms with E-state index in [2.05, 4.69) is 0 Å². The maximum absolute atomic E-state index is 13.8. The smallest absolute Gasteiger partial charge is 0.327 e. The first-order chi connectivity index (χ1) is 10.8. The zero-order valence-electron chi connectivity index (χ0n) is 12.8. The summed E-state index contributed by atoms with van der Waals surface area (Å²) in [6.45, 7) is -0.244. The van der Waals surface area contributed by atoms with Gasteiger partial charge in [-0.3, -0.25) is 4.79 Å². The molecule has 128 valence electrons. The molecule has 7 nitrogen and oxygen atoms in total. The van der Waals surface area contributed by atoms with Crippen molar-refractivity contribution in [2.75, 3.05) is 27.4 Å². The summed E-state index contributed by atoms with van der Waals surface area (Å²) in [7, 11) is -1.61. The Morgan fingerprint density at radius 2 is 2.13 bits per heavy atom. The number of rotatable bonds is 6. The summed E-state index contributed by atoms with van der Waals surface area (Å²) in [6.07, 6.45) is 0.515. The van der Waals surface area contributed by atoms with Crippen LogP contribution in [0.15, 0.2) is 23.1 Å². The number of nitrogens with zero attached hydrogens (tertiary/aromatic N) is 1. The molecule has 1 atom stereocenters.